The van der Waals surface area contributed by atoms with Crippen molar-refractivity contribution in [1.82, 2.24) is 0 Å². The van der Waals surface area contributed by atoms with Crippen LogP contribution in [0.25, 0.3) is 0 Å². The standard InChI is InChI=1S/C17H23NO2/c1-2-12-7-9-14(10-8-12)18-15-6-4-3-5-13(15)11-16(18)17(19)20/h3-6,12,14,16H,2,7-11H2,1H3,(H,19,20). The molecule has 0 radical (unpaired) electrons. The molecule has 1 fully saturated rings. The second kappa shape index (κ2) is 5.47. The zero-order chi connectivity index (χ0) is 14.1. The number of carboxylic acid groups (broad SMARTS) is 1. The molecule has 1 unspecified atom stereocenters. The third-order valence-corrected chi connectivity index (χ3v) is 5.09. The Morgan fingerprint density at radius 2 is 1.95 bits per heavy atom. The summed E-state index contributed by atoms with van der Waals surface area (Å²) in [5.74, 6) is 0.159. The highest BCUT2D eigenvalue weighted by Crippen LogP contribution is 2.39. The predicted octanol–water partition coefficient (Wildman–Crippen LogP) is 3.47. The average molecular weight is 273 g/mol. The Labute approximate surface area is 120 Å². The van der Waals surface area contributed by atoms with Gasteiger partial charge in [0.25, 0.3) is 0 Å². The molecule has 20 heavy (non-hydrogen) atoms. The molecule has 1 aromatic rings. The number of aliphatic carboxylic acids is 1. The van der Waals surface area contributed by atoms with Gasteiger partial charge < -0.3 is 10.0 Å². The molecule has 1 N–H and O–H groups in total. The zero-order valence-electron chi connectivity index (χ0n) is 12.1. The van der Waals surface area contributed by atoms with E-state index < -0.39 is 5.97 Å². The third kappa shape index (κ3) is 2.30. The predicted molar refractivity (Wildman–Crippen MR) is 80.1 cm³/mol. The maximum atomic E-state index is 11.6. The molecular weight excluding hydrogens is 250 g/mol. The van der Waals surface area contributed by atoms with Crippen LogP contribution in [0.4, 0.5) is 5.69 Å². The second-order valence-electron chi connectivity index (χ2n) is 6.18. The van der Waals surface area contributed by atoms with E-state index in [9.17, 15) is 9.90 Å². The largest absolute Gasteiger partial charge is 0.480 e. The van der Waals surface area contributed by atoms with Gasteiger partial charge in [-0.15, -0.1) is 0 Å². The number of nitrogens with zero attached hydrogens (tertiary/aromatic N) is 1. The summed E-state index contributed by atoms with van der Waals surface area (Å²) in [7, 11) is 0. The van der Waals surface area contributed by atoms with Crippen molar-refractivity contribution in [2.75, 3.05) is 4.90 Å². The number of hydrogen-bond donors (Lipinski definition) is 1. The number of anilines is 1. The molecular formula is C17H23NO2. The molecule has 3 rings (SSSR count). The van der Waals surface area contributed by atoms with Gasteiger partial charge in [-0.05, 0) is 43.2 Å². The molecule has 1 heterocycles. The van der Waals surface area contributed by atoms with Crippen LogP contribution in [-0.2, 0) is 11.2 Å². The van der Waals surface area contributed by atoms with Crippen molar-refractivity contribution in [2.45, 2.75) is 57.5 Å². The lowest BCUT2D eigenvalue weighted by atomic mass is 9.83. The molecule has 0 spiro atoms. The van der Waals surface area contributed by atoms with Gasteiger partial charge >= 0.3 is 5.97 Å². The first-order valence-electron chi connectivity index (χ1n) is 7.79. The molecule has 2 aliphatic rings. The first-order chi connectivity index (χ1) is 9.70. The van der Waals surface area contributed by atoms with E-state index in [-0.39, 0.29) is 6.04 Å². The maximum absolute atomic E-state index is 11.6. The number of benzene rings is 1. The van der Waals surface area contributed by atoms with Crippen LogP contribution in [0.2, 0.25) is 0 Å². The topological polar surface area (TPSA) is 40.5 Å². The minimum absolute atomic E-state index is 0.365. The number of rotatable bonds is 3. The van der Waals surface area contributed by atoms with Crippen molar-refractivity contribution in [3.05, 3.63) is 29.8 Å². The molecule has 3 nitrogen and oxygen atoms in total. The zero-order valence-corrected chi connectivity index (χ0v) is 12.1. The van der Waals surface area contributed by atoms with E-state index in [4.69, 9.17) is 0 Å². The normalized spacial score (nSPS) is 29.2. The Morgan fingerprint density at radius 3 is 2.60 bits per heavy atom. The fraction of sp³-hybridized carbons (Fsp3) is 0.588. The first-order valence-corrected chi connectivity index (χ1v) is 7.79. The van der Waals surface area contributed by atoms with Crippen molar-refractivity contribution in [3.8, 4) is 0 Å². The van der Waals surface area contributed by atoms with Crippen LogP contribution in [0.5, 0.6) is 0 Å². The van der Waals surface area contributed by atoms with Gasteiger partial charge in [-0.3, -0.25) is 0 Å². The molecule has 1 aromatic carbocycles. The highest BCUT2D eigenvalue weighted by atomic mass is 16.4. The molecule has 1 saturated carbocycles. The van der Waals surface area contributed by atoms with Gasteiger partial charge in [0.2, 0.25) is 0 Å². The molecule has 0 aromatic heterocycles. The molecule has 3 heteroatoms. The van der Waals surface area contributed by atoms with E-state index in [0.29, 0.717) is 12.5 Å². The van der Waals surface area contributed by atoms with Crippen molar-refractivity contribution in [1.29, 1.82) is 0 Å². The smallest absolute Gasteiger partial charge is 0.326 e. The number of hydrogen-bond acceptors (Lipinski definition) is 2. The lowest BCUT2D eigenvalue weighted by Crippen LogP contribution is -2.46. The summed E-state index contributed by atoms with van der Waals surface area (Å²) in [4.78, 5) is 13.8. The van der Waals surface area contributed by atoms with E-state index in [0.717, 1.165) is 24.4 Å². The van der Waals surface area contributed by atoms with Gasteiger partial charge in [-0.25, -0.2) is 4.79 Å². The summed E-state index contributed by atoms with van der Waals surface area (Å²) in [6.07, 6.45) is 6.66. The minimum Gasteiger partial charge on any atom is -0.480 e. The second-order valence-corrected chi connectivity index (χ2v) is 6.18. The van der Waals surface area contributed by atoms with Crippen LogP contribution in [-0.4, -0.2) is 23.2 Å². The molecule has 108 valence electrons. The van der Waals surface area contributed by atoms with Crippen molar-refractivity contribution < 1.29 is 9.90 Å². The number of carboxylic acids is 1. The van der Waals surface area contributed by atoms with Crippen LogP contribution in [0.15, 0.2) is 24.3 Å². The number of fused-ring (bicyclic) bond motifs is 1. The lowest BCUT2D eigenvalue weighted by Gasteiger charge is -2.38. The van der Waals surface area contributed by atoms with E-state index in [1.807, 2.05) is 12.1 Å². The average Bonchev–Trinajstić information content (AvgIpc) is 2.87. The minimum atomic E-state index is -0.682. The molecule has 1 atom stereocenters. The third-order valence-electron chi connectivity index (χ3n) is 5.09. The summed E-state index contributed by atoms with van der Waals surface area (Å²) < 4.78 is 0. The molecule has 0 saturated heterocycles. The summed E-state index contributed by atoms with van der Waals surface area (Å²) in [6, 6.07) is 8.23. The summed E-state index contributed by atoms with van der Waals surface area (Å²) in [5, 5.41) is 9.54. The van der Waals surface area contributed by atoms with Gasteiger partial charge in [-0.2, -0.15) is 0 Å². The van der Waals surface area contributed by atoms with Crippen LogP contribution < -0.4 is 4.90 Å². The lowest BCUT2D eigenvalue weighted by molar-refractivity contribution is -0.138. The van der Waals surface area contributed by atoms with Gasteiger partial charge in [0, 0.05) is 18.2 Å². The van der Waals surface area contributed by atoms with Crippen molar-refractivity contribution in [2.24, 2.45) is 5.92 Å². The van der Waals surface area contributed by atoms with Gasteiger partial charge in [0.05, 0.1) is 0 Å². The molecule has 0 bridgehead atoms. The monoisotopic (exact) mass is 273 g/mol. The Bertz CT molecular complexity index is 492. The van der Waals surface area contributed by atoms with Gasteiger partial charge in [0.1, 0.15) is 6.04 Å². The molecule has 1 aliphatic carbocycles. The van der Waals surface area contributed by atoms with Crippen LogP contribution >= 0.6 is 0 Å². The van der Waals surface area contributed by atoms with Crippen molar-refractivity contribution >= 4 is 11.7 Å². The van der Waals surface area contributed by atoms with E-state index in [1.165, 1.54) is 24.8 Å². The number of para-hydroxylation sites is 1. The van der Waals surface area contributed by atoms with Crippen LogP contribution in [0.1, 0.15) is 44.6 Å². The van der Waals surface area contributed by atoms with E-state index >= 15 is 0 Å². The Kier molecular flexibility index (Phi) is 3.68. The Morgan fingerprint density at radius 1 is 1.25 bits per heavy atom. The SMILES string of the molecule is CCC1CCC(N2c3ccccc3CC2C(=O)O)CC1. The van der Waals surface area contributed by atoms with Crippen molar-refractivity contribution in [3.63, 3.8) is 0 Å². The summed E-state index contributed by atoms with van der Waals surface area (Å²) in [6.45, 7) is 2.26. The number of carbonyl (C=O) groups is 1. The summed E-state index contributed by atoms with van der Waals surface area (Å²) >= 11 is 0. The Balaban J connectivity index is 1.84. The van der Waals surface area contributed by atoms with Crippen LogP contribution in [0, 0.1) is 5.92 Å². The first kappa shape index (κ1) is 13.5. The fourth-order valence-electron chi connectivity index (χ4n) is 3.90. The molecule has 0 amide bonds. The highest BCUT2D eigenvalue weighted by molar-refractivity contribution is 5.82. The maximum Gasteiger partial charge on any atom is 0.326 e. The van der Waals surface area contributed by atoms with E-state index in [1.54, 1.807) is 0 Å². The summed E-state index contributed by atoms with van der Waals surface area (Å²) in [5.41, 5.74) is 2.34. The highest BCUT2D eigenvalue weighted by Gasteiger charge is 2.39. The fourth-order valence-corrected chi connectivity index (χ4v) is 3.90. The van der Waals surface area contributed by atoms with Gasteiger partial charge in [-0.1, -0.05) is 31.5 Å². The molecule has 1 aliphatic heterocycles. The Hall–Kier alpha value is -1.51. The van der Waals surface area contributed by atoms with Crippen LogP contribution in [0.3, 0.4) is 0 Å². The quantitative estimate of drug-likeness (QED) is 0.916. The van der Waals surface area contributed by atoms with E-state index in [2.05, 4.69) is 24.0 Å². The van der Waals surface area contributed by atoms with Gasteiger partial charge in [0.15, 0.2) is 0 Å².